The highest BCUT2D eigenvalue weighted by Crippen LogP contribution is 2.43. The molecule has 17 heteroatoms. The Hall–Kier alpha value is -5.45. The number of anilines is 2. The lowest BCUT2D eigenvalue weighted by Crippen LogP contribution is -2.54. The highest BCUT2D eigenvalue weighted by Gasteiger charge is 2.45. The number of aliphatic hydroxyl groups is 1. The Morgan fingerprint density at radius 1 is 0.949 bits per heavy atom. The van der Waals surface area contributed by atoms with Crippen molar-refractivity contribution in [3.63, 3.8) is 0 Å². The van der Waals surface area contributed by atoms with E-state index in [1.54, 1.807) is 30.3 Å². The van der Waals surface area contributed by atoms with Gasteiger partial charge in [-0.2, -0.15) is 0 Å². The fraction of sp³-hybridized carbons (Fsp3) is 0.476. The third-order valence-corrected chi connectivity index (χ3v) is 11.8. The normalized spacial score (nSPS) is 20.7. The molecule has 5 N–H and O–H groups in total. The Bertz CT molecular complexity index is 2090. The van der Waals surface area contributed by atoms with Crippen LogP contribution in [-0.4, -0.2) is 119 Å². The topological polar surface area (TPSA) is 206 Å². The van der Waals surface area contributed by atoms with Crippen molar-refractivity contribution in [3.8, 4) is 0 Å². The van der Waals surface area contributed by atoms with Crippen molar-refractivity contribution in [1.29, 1.82) is 0 Å². The van der Waals surface area contributed by atoms with E-state index in [1.165, 1.54) is 6.33 Å². The van der Waals surface area contributed by atoms with Gasteiger partial charge < -0.3 is 30.9 Å². The molecule has 4 atom stereocenters. The van der Waals surface area contributed by atoms with Gasteiger partial charge in [0.1, 0.15) is 18.2 Å². The van der Waals surface area contributed by atoms with E-state index in [4.69, 9.17) is 11.6 Å². The van der Waals surface area contributed by atoms with Gasteiger partial charge >= 0.3 is 0 Å². The zero-order valence-electron chi connectivity index (χ0n) is 33.0. The smallest absolute Gasteiger partial charge is 0.264 e. The van der Waals surface area contributed by atoms with E-state index in [0.717, 1.165) is 41.1 Å². The number of piperazine rings is 1. The minimum Gasteiger partial charge on any atom is -0.387 e. The monoisotopic (exact) mass is 827 g/mol. The lowest BCUT2D eigenvalue weighted by molar-refractivity contribution is -0.136. The number of aromatic nitrogens is 2. The zero-order chi connectivity index (χ0) is 41.6. The molecule has 2 saturated heterocycles. The first-order valence-corrected chi connectivity index (χ1v) is 20.8. The van der Waals surface area contributed by atoms with Gasteiger partial charge in [0.25, 0.3) is 11.8 Å². The molecule has 0 saturated carbocycles. The largest absolute Gasteiger partial charge is 0.387 e. The number of fused-ring (bicyclic) bond motifs is 2. The second-order valence-corrected chi connectivity index (χ2v) is 16.0. The van der Waals surface area contributed by atoms with Crippen LogP contribution in [0.15, 0.2) is 48.8 Å². The summed E-state index contributed by atoms with van der Waals surface area (Å²) in [7, 11) is 0. The Morgan fingerprint density at radius 3 is 2.47 bits per heavy atom. The van der Waals surface area contributed by atoms with Crippen molar-refractivity contribution >= 4 is 58.5 Å². The van der Waals surface area contributed by atoms with E-state index in [1.807, 2.05) is 17.0 Å². The summed E-state index contributed by atoms with van der Waals surface area (Å²) in [5, 5.41) is 22.8. The maximum absolute atomic E-state index is 14.0. The van der Waals surface area contributed by atoms with Gasteiger partial charge in [-0.1, -0.05) is 36.7 Å². The van der Waals surface area contributed by atoms with Gasteiger partial charge in [0.05, 0.1) is 28.8 Å². The van der Waals surface area contributed by atoms with Crippen LogP contribution in [-0.2, 0) is 19.2 Å². The molecular formula is C42H50ClN9O7. The molecule has 4 aliphatic rings. The van der Waals surface area contributed by atoms with Crippen LogP contribution in [0.2, 0.25) is 5.02 Å². The summed E-state index contributed by atoms with van der Waals surface area (Å²) in [4.78, 5) is 90.9. The van der Waals surface area contributed by atoms with Crippen molar-refractivity contribution < 1.29 is 33.9 Å². The summed E-state index contributed by atoms with van der Waals surface area (Å²) < 4.78 is 0. The molecular weight excluding hydrogens is 778 g/mol. The molecule has 59 heavy (non-hydrogen) atoms. The third-order valence-electron chi connectivity index (χ3n) is 11.6. The first-order valence-electron chi connectivity index (χ1n) is 20.4. The molecule has 0 radical (unpaired) electrons. The van der Waals surface area contributed by atoms with Gasteiger partial charge in [0.15, 0.2) is 0 Å². The molecule has 2 aromatic carbocycles. The minimum absolute atomic E-state index is 0.000979. The highest BCUT2D eigenvalue weighted by atomic mass is 35.5. The first kappa shape index (κ1) is 41.7. The molecule has 4 heterocycles. The molecule has 0 spiro atoms. The van der Waals surface area contributed by atoms with Gasteiger partial charge in [-0.05, 0) is 67.9 Å². The number of carbonyl (C=O) groups is 6. The Labute approximate surface area is 347 Å². The number of amides is 6. The quantitative estimate of drug-likeness (QED) is 0.105. The number of hydrogen-bond acceptors (Lipinski definition) is 12. The number of carbonyl (C=O) groups excluding carboxylic acids is 6. The number of benzene rings is 2. The molecule has 1 aromatic heterocycles. The average Bonchev–Trinajstić information content (AvgIpc) is 3.67. The van der Waals surface area contributed by atoms with Gasteiger partial charge in [-0.15, -0.1) is 0 Å². The van der Waals surface area contributed by atoms with E-state index in [2.05, 4.69) is 43.1 Å². The molecule has 1 aliphatic carbocycles. The molecule has 3 aromatic rings. The molecule has 16 nitrogen and oxygen atoms in total. The standard InChI is InChI=1S/C42H50ClN9O7/c1-25-22-32(53)37-35(25)38(48-24-47-37)50-18-20-51(21-19-50)40(57)29(26-8-10-27(43)11-9-26)23-44-17-14-33(54)46-16-4-2-3-15-45-30-7-5-6-28-36(30)42(59)52(41(28)58)31-12-13-34(55)49-39(31)56/h5-11,24-25,29,31-32,44-45,53H,2-4,12-23H2,1H3,(H,46,54)(H,49,55,56). The fourth-order valence-corrected chi connectivity index (χ4v) is 8.56. The van der Waals surface area contributed by atoms with Crippen LogP contribution in [0.25, 0.3) is 0 Å². The van der Waals surface area contributed by atoms with Crippen molar-refractivity contribution in [2.24, 2.45) is 0 Å². The summed E-state index contributed by atoms with van der Waals surface area (Å²) >= 11 is 6.17. The SMILES string of the molecule is CC1CC(O)c2ncnc(N3CCN(C(=O)C(CNCCC(=O)NCCCCCNc4cccc5c4C(=O)N(C4CCC(=O)NC4=O)C5=O)c4ccc(Cl)cc4)CC3)c21. The average molecular weight is 828 g/mol. The number of nitrogens with one attached hydrogen (secondary N) is 4. The number of rotatable bonds is 16. The Morgan fingerprint density at radius 2 is 1.71 bits per heavy atom. The number of piperidine rings is 1. The third kappa shape index (κ3) is 9.24. The lowest BCUT2D eigenvalue weighted by Gasteiger charge is -2.38. The Balaban J connectivity index is 0.817. The highest BCUT2D eigenvalue weighted by molar-refractivity contribution is 6.30. The molecule has 6 amide bonds. The van der Waals surface area contributed by atoms with Crippen molar-refractivity contribution in [1.82, 2.24) is 35.7 Å². The predicted octanol–water partition coefficient (Wildman–Crippen LogP) is 2.88. The van der Waals surface area contributed by atoms with Crippen molar-refractivity contribution in [2.45, 2.75) is 75.9 Å². The molecule has 312 valence electrons. The van der Waals surface area contributed by atoms with Gasteiger partial charge in [-0.25, -0.2) is 9.97 Å². The fourth-order valence-electron chi connectivity index (χ4n) is 8.43. The maximum Gasteiger partial charge on any atom is 0.264 e. The lowest BCUT2D eigenvalue weighted by atomic mass is 9.97. The van der Waals surface area contributed by atoms with Crippen LogP contribution in [0.1, 0.15) is 107 Å². The maximum atomic E-state index is 14.0. The van der Waals surface area contributed by atoms with E-state index in [-0.39, 0.29) is 48.1 Å². The minimum atomic E-state index is -1.02. The van der Waals surface area contributed by atoms with E-state index in [9.17, 15) is 33.9 Å². The summed E-state index contributed by atoms with van der Waals surface area (Å²) in [6.45, 7) is 6.14. The summed E-state index contributed by atoms with van der Waals surface area (Å²) in [6, 6.07) is 11.2. The second kappa shape index (κ2) is 18.6. The van der Waals surface area contributed by atoms with Crippen LogP contribution < -0.4 is 26.2 Å². The summed E-state index contributed by atoms with van der Waals surface area (Å²) in [5.74, 6) is -1.73. The van der Waals surface area contributed by atoms with Gasteiger partial charge in [-0.3, -0.25) is 39.0 Å². The number of halogens is 1. The molecule has 2 fully saturated rings. The molecule has 7 rings (SSSR count). The zero-order valence-corrected chi connectivity index (χ0v) is 33.8. The van der Waals surface area contributed by atoms with Gasteiger partial charge in [0, 0.05) is 81.5 Å². The van der Waals surface area contributed by atoms with Crippen LogP contribution in [0, 0.1) is 0 Å². The van der Waals surface area contributed by atoms with Gasteiger partial charge in [0.2, 0.25) is 23.6 Å². The van der Waals surface area contributed by atoms with E-state index < -0.39 is 41.7 Å². The van der Waals surface area contributed by atoms with Crippen LogP contribution in [0.4, 0.5) is 11.5 Å². The number of nitrogens with zero attached hydrogens (tertiary/aromatic N) is 5. The summed E-state index contributed by atoms with van der Waals surface area (Å²) in [6.07, 6.45) is 4.26. The summed E-state index contributed by atoms with van der Waals surface area (Å²) in [5.41, 5.74) is 3.50. The van der Waals surface area contributed by atoms with Crippen LogP contribution >= 0.6 is 11.6 Å². The molecule has 3 aliphatic heterocycles. The number of hydrogen-bond donors (Lipinski definition) is 5. The van der Waals surface area contributed by atoms with E-state index >= 15 is 0 Å². The van der Waals surface area contributed by atoms with Crippen LogP contribution in [0.5, 0.6) is 0 Å². The second-order valence-electron chi connectivity index (χ2n) is 15.5. The predicted molar refractivity (Wildman–Crippen MR) is 219 cm³/mol. The first-order chi connectivity index (χ1) is 28.5. The number of imide groups is 2. The number of aliphatic hydroxyl groups excluding tert-OH is 1. The number of unbranched alkanes of at least 4 members (excludes halogenated alkanes) is 2. The van der Waals surface area contributed by atoms with Crippen molar-refractivity contribution in [2.75, 3.05) is 62.6 Å². The molecule has 0 bridgehead atoms. The van der Waals surface area contributed by atoms with E-state index in [0.29, 0.717) is 75.2 Å². The van der Waals surface area contributed by atoms with Crippen LogP contribution in [0.3, 0.4) is 0 Å². The van der Waals surface area contributed by atoms with Crippen molar-refractivity contribution in [3.05, 3.63) is 81.8 Å². The molecule has 4 unspecified atom stereocenters. The Kier molecular flexibility index (Phi) is 13.2.